The summed E-state index contributed by atoms with van der Waals surface area (Å²) in [5.41, 5.74) is 3.52. The first-order valence-corrected chi connectivity index (χ1v) is 8.42. The fraction of sp³-hybridized carbons (Fsp3) is 0.450. The summed E-state index contributed by atoms with van der Waals surface area (Å²) in [7, 11) is 1.55. The number of methoxy groups -OCH3 is 1. The highest BCUT2D eigenvalue weighted by Gasteiger charge is 2.19. The zero-order chi connectivity index (χ0) is 16.2. The molecule has 122 valence electrons. The molecule has 0 saturated heterocycles. The Kier molecular flexibility index (Phi) is 5.06. The quantitative estimate of drug-likeness (QED) is 0.712. The molecule has 1 aromatic carbocycles. The van der Waals surface area contributed by atoms with Crippen molar-refractivity contribution in [1.29, 1.82) is 0 Å². The molecule has 0 bridgehead atoms. The van der Waals surface area contributed by atoms with Gasteiger partial charge in [0.2, 0.25) is 5.95 Å². The van der Waals surface area contributed by atoms with Crippen LogP contribution in [0, 0.1) is 11.9 Å². The molecule has 3 heteroatoms. The molecule has 1 aliphatic carbocycles. The second kappa shape index (κ2) is 7.22. The highest BCUT2D eigenvalue weighted by Crippen LogP contribution is 2.36. The second-order valence-electron chi connectivity index (χ2n) is 6.66. The van der Waals surface area contributed by atoms with Crippen LogP contribution in [-0.4, -0.2) is 12.1 Å². The van der Waals surface area contributed by atoms with Crippen molar-refractivity contribution in [2.75, 3.05) is 7.11 Å². The Morgan fingerprint density at radius 3 is 2.35 bits per heavy atom. The lowest BCUT2D eigenvalue weighted by Crippen LogP contribution is -2.10. The molecular formula is C20H24FNO. The zero-order valence-corrected chi connectivity index (χ0v) is 13.9. The number of rotatable bonds is 4. The lowest BCUT2D eigenvalue weighted by molar-refractivity contribution is 0.180. The molecule has 0 radical (unpaired) electrons. The number of aromatic nitrogens is 1. The summed E-state index contributed by atoms with van der Waals surface area (Å²) in [6, 6.07) is 12.1. The van der Waals surface area contributed by atoms with Crippen LogP contribution < -0.4 is 0 Å². The molecule has 2 aromatic rings. The number of pyridine rings is 1. The molecule has 1 aliphatic rings. The van der Waals surface area contributed by atoms with Gasteiger partial charge in [-0.3, -0.25) is 0 Å². The van der Waals surface area contributed by atoms with Crippen LogP contribution in [0.25, 0.3) is 11.3 Å². The fourth-order valence-corrected chi connectivity index (χ4v) is 3.41. The molecule has 1 fully saturated rings. The first-order chi connectivity index (χ1) is 11.2. The predicted octanol–water partition coefficient (Wildman–Crippen LogP) is 5.33. The standard InChI is InChI=1S/C20H24FNO/c1-14-3-5-15(6-4-14)16-7-9-17(10-8-16)19-12-11-18(13-23-2)20(21)22-19/h7-12,14-15H,3-6,13H2,1-2H3. The maximum absolute atomic E-state index is 13.9. The maximum Gasteiger partial charge on any atom is 0.218 e. The first-order valence-electron chi connectivity index (χ1n) is 8.42. The van der Waals surface area contributed by atoms with Crippen LogP contribution in [0.3, 0.4) is 0 Å². The van der Waals surface area contributed by atoms with Gasteiger partial charge in [-0.15, -0.1) is 0 Å². The van der Waals surface area contributed by atoms with Crippen molar-refractivity contribution < 1.29 is 9.13 Å². The van der Waals surface area contributed by atoms with Gasteiger partial charge in [-0.05, 0) is 42.4 Å². The summed E-state index contributed by atoms with van der Waals surface area (Å²) in [6.07, 6.45) is 5.19. The van der Waals surface area contributed by atoms with Gasteiger partial charge >= 0.3 is 0 Å². The Morgan fingerprint density at radius 1 is 1.04 bits per heavy atom. The van der Waals surface area contributed by atoms with E-state index in [1.54, 1.807) is 13.2 Å². The SMILES string of the molecule is COCc1ccc(-c2ccc(C3CCC(C)CC3)cc2)nc1F. The van der Waals surface area contributed by atoms with Gasteiger partial charge in [0.15, 0.2) is 0 Å². The average Bonchev–Trinajstić information content (AvgIpc) is 2.58. The average molecular weight is 313 g/mol. The summed E-state index contributed by atoms with van der Waals surface area (Å²) in [5.74, 6) is 1.09. The van der Waals surface area contributed by atoms with Gasteiger partial charge in [0.1, 0.15) is 0 Å². The van der Waals surface area contributed by atoms with Crippen molar-refractivity contribution >= 4 is 0 Å². The third-order valence-corrected chi connectivity index (χ3v) is 4.92. The van der Waals surface area contributed by atoms with E-state index in [-0.39, 0.29) is 6.61 Å². The van der Waals surface area contributed by atoms with Gasteiger partial charge < -0.3 is 4.74 Å². The van der Waals surface area contributed by atoms with E-state index in [1.807, 2.05) is 6.07 Å². The van der Waals surface area contributed by atoms with Crippen molar-refractivity contribution in [2.24, 2.45) is 5.92 Å². The minimum Gasteiger partial charge on any atom is -0.380 e. The second-order valence-corrected chi connectivity index (χ2v) is 6.66. The molecular weight excluding hydrogens is 289 g/mol. The Bertz CT molecular complexity index is 645. The van der Waals surface area contributed by atoms with Crippen LogP contribution in [-0.2, 0) is 11.3 Å². The maximum atomic E-state index is 13.9. The molecule has 1 aromatic heterocycles. The van der Waals surface area contributed by atoms with Crippen LogP contribution in [0.4, 0.5) is 4.39 Å². The van der Waals surface area contributed by atoms with E-state index in [1.165, 1.54) is 31.2 Å². The lowest BCUT2D eigenvalue weighted by atomic mass is 9.79. The molecule has 1 saturated carbocycles. The largest absolute Gasteiger partial charge is 0.380 e. The fourth-order valence-electron chi connectivity index (χ4n) is 3.41. The van der Waals surface area contributed by atoms with E-state index in [0.717, 1.165) is 11.5 Å². The summed E-state index contributed by atoms with van der Waals surface area (Å²) < 4.78 is 18.9. The van der Waals surface area contributed by atoms with E-state index in [0.29, 0.717) is 17.2 Å². The number of ether oxygens (including phenoxy) is 1. The molecule has 0 aliphatic heterocycles. The van der Waals surface area contributed by atoms with Crippen LogP contribution in [0.5, 0.6) is 0 Å². The summed E-state index contributed by atoms with van der Waals surface area (Å²) >= 11 is 0. The van der Waals surface area contributed by atoms with E-state index >= 15 is 0 Å². The topological polar surface area (TPSA) is 22.1 Å². The lowest BCUT2D eigenvalue weighted by Gasteiger charge is -2.26. The van der Waals surface area contributed by atoms with E-state index in [9.17, 15) is 4.39 Å². The van der Waals surface area contributed by atoms with Crippen LogP contribution in [0.2, 0.25) is 0 Å². The molecule has 0 atom stereocenters. The summed E-state index contributed by atoms with van der Waals surface area (Å²) in [4.78, 5) is 4.07. The molecule has 1 heterocycles. The van der Waals surface area contributed by atoms with Gasteiger partial charge in [-0.1, -0.05) is 44.0 Å². The Balaban J connectivity index is 1.75. The molecule has 23 heavy (non-hydrogen) atoms. The third-order valence-electron chi connectivity index (χ3n) is 4.92. The number of halogens is 1. The zero-order valence-electron chi connectivity index (χ0n) is 13.9. The number of benzene rings is 1. The summed E-state index contributed by atoms with van der Waals surface area (Å²) in [5, 5.41) is 0. The Morgan fingerprint density at radius 2 is 1.74 bits per heavy atom. The molecule has 0 unspecified atom stereocenters. The minimum atomic E-state index is -0.449. The van der Waals surface area contributed by atoms with Gasteiger partial charge in [0, 0.05) is 18.2 Å². The first kappa shape index (κ1) is 16.1. The molecule has 0 N–H and O–H groups in total. The third kappa shape index (κ3) is 3.78. The molecule has 3 rings (SSSR count). The number of nitrogens with zero attached hydrogens (tertiary/aromatic N) is 1. The van der Waals surface area contributed by atoms with E-state index in [2.05, 4.69) is 36.2 Å². The van der Waals surface area contributed by atoms with E-state index < -0.39 is 5.95 Å². The minimum absolute atomic E-state index is 0.248. The highest BCUT2D eigenvalue weighted by atomic mass is 19.1. The number of hydrogen-bond donors (Lipinski definition) is 0. The Labute approximate surface area is 137 Å². The van der Waals surface area contributed by atoms with Crippen LogP contribution >= 0.6 is 0 Å². The van der Waals surface area contributed by atoms with Crippen molar-refractivity contribution in [1.82, 2.24) is 4.98 Å². The number of hydrogen-bond acceptors (Lipinski definition) is 2. The van der Waals surface area contributed by atoms with Gasteiger partial charge in [-0.25, -0.2) is 4.98 Å². The molecule has 0 spiro atoms. The smallest absolute Gasteiger partial charge is 0.218 e. The van der Waals surface area contributed by atoms with Gasteiger partial charge in [0.25, 0.3) is 0 Å². The van der Waals surface area contributed by atoms with Crippen LogP contribution in [0.1, 0.15) is 49.7 Å². The summed E-state index contributed by atoms with van der Waals surface area (Å²) in [6.45, 7) is 2.59. The van der Waals surface area contributed by atoms with Crippen molar-refractivity contribution in [3.63, 3.8) is 0 Å². The van der Waals surface area contributed by atoms with Crippen molar-refractivity contribution in [3.8, 4) is 11.3 Å². The van der Waals surface area contributed by atoms with Gasteiger partial charge in [-0.2, -0.15) is 4.39 Å². The van der Waals surface area contributed by atoms with Crippen molar-refractivity contribution in [3.05, 3.63) is 53.5 Å². The van der Waals surface area contributed by atoms with Crippen molar-refractivity contribution in [2.45, 2.75) is 45.1 Å². The molecule has 0 amide bonds. The normalized spacial score (nSPS) is 21.3. The predicted molar refractivity (Wildman–Crippen MR) is 90.7 cm³/mol. The van der Waals surface area contributed by atoms with E-state index in [4.69, 9.17) is 4.74 Å². The monoisotopic (exact) mass is 313 g/mol. The Hall–Kier alpha value is -1.74. The van der Waals surface area contributed by atoms with Gasteiger partial charge in [0.05, 0.1) is 12.3 Å². The highest BCUT2D eigenvalue weighted by molar-refractivity contribution is 5.59. The van der Waals surface area contributed by atoms with Crippen LogP contribution in [0.15, 0.2) is 36.4 Å². The molecule has 2 nitrogen and oxygen atoms in total.